The lowest BCUT2D eigenvalue weighted by Gasteiger charge is -2.23. The Morgan fingerprint density at radius 1 is 1.29 bits per heavy atom. The maximum atomic E-state index is 10.4. The molecule has 0 atom stereocenters. The van der Waals surface area contributed by atoms with E-state index < -0.39 is 5.60 Å². The lowest BCUT2D eigenvalue weighted by atomic mass is 9.91. The largest absolute Gasteiger partial charge is 0.383 e. The molecule has 1 aromatic rings. The normalized spacial score (nSPS) is 21.9. The highest BCUT2D eigenvalue weighted by Gasteiger charge is 2.32. The number of aromatic nitrogens is 3. The summed E-state index contributed by atoms with van der Waals surface area (Å²) >= 11 is 0. The van der Waals surface area contributed by atoms with E-state index in [1.807, 2.05) is 13.2 Å². The zero-order valence-electron chi connectivity index (χ0n) is 8.61. The van der Waals surface area contributed by atoms with Gasteiger partial charge in [-0.15, -0.1) is 5.10 Å². The fourth-order valence-corrected chi connectivity index (χ4v) is 2.13. The number of aliphatic hydroxyl groups is 1. The Morgan fingerprint density at radius 3 is 2.43 bits per heavy atom. The van der Waals surface area contributed by atoms with Gasteiger partial charge in [-0.05, 0) is 12.8 Å². The van der Waals surface area contributed by atoms with Crippen molar-refractivity contribution in [3.8, 4) is 0 Å². The van der Waals surface area contributed by atoms with Gasteiger partial charge in [0.05, 0.1) is 6.20 Å². The summed E-state index contributed by atoms with van der Waals surface area (Å²) in [4.78, 5) is 0. The Hall–Kier alpha value is -0.900. The van der Waals surface area contributed by atoms with Gasteiger partial charge < -0.3 is 5.11 Å². The quantitative estimate of drug-likeness (QED) is 0.688. The van der Waals surface area contributed by atoms with Crippen molar-refractivity contribution < 1.29 is 5.11 Å². The molecule has 0 spiro atoms. The zero-order chi connectivity index (χ0) is 10.0. The van der Waals surface area contributed by atoms with Crippen molar-refractivity contribution in [1.29, 1.82) is 0 Å². The fourth-order valence-electron chi connectivity index (χ4n) is 2.13. The molecule has 2 rings (SSSR count). The molecule has 0 saturated heterocycles. The molecule has 78 valence electrons. The lowest BCUT2D eigenvalue weighted by Crippen LogP contribution is -2.25. The summed E-state index contributed by atoms with van der Waals surface area (Å²) in [7, 11) is 1.83. The van der Waals surface area contributed by atoms with E-state index in [0.29, 0.717) is 0 Å². The van der Waals surface area contributed by atoms with E-state index in [4.69, 9.17) is 0 Å². The van der Waals surface area contributed by atoms with Crippen molar-refractivity contribution in [2.24, 2.45) is 7.05 Å². The van der Waals surface area contributed by atoms with Gasteiger partial charge in [0.25, 0.3) is 0 Å². The maximum absolute atomic E-state index is 10.4. The number of hydrogen-bond acceptors (Lipinski definition) is 3. The summed E-state index contributed by atoms with van der Waals surface area (Å²) in [6, 6.07) is 0. The number of hydrogen-bond donors (Lipinski definition) is 1. The van der Waals surface area contributed by atoms with Crippen molar-refractivity contribution in [3.63, 3.8) is 0 Å². The van der Waals surface area contributed by atoms with Crippen molar-refractivity contribution in [1.82, 2.24) is 15.0 Å². The Kier molecular flexibility index (Phi) is 2.54. The molecular formula is C10H17N3O. The number of rotatable bonds is 1. The molecule has 14 heavy (non-hydrogen) atoms. The Labute approximate surface area is 83.9 Å². The molecule has 4 heteroatoms. The van der Waals surface area contributed by atoms with Crippen LogP contribution in [0.15, 0.2) is 6.20 Å². The Morgan fingerprint density at radius 2 is 1.93 bits per heavy atom. The van der Waals surface area contributed by atoms with E-state index >= 15 is 0 Å². The highest BCUT2D eigenvalue weighted by molar-refractivity contribution is 5.07. The van der Waals surface area contributed by atoms with Crippen LogP contribution >= 0.6 is 0 Å². The molecule has 4 nitrogen and oxygen atoms in total. The molecule has 0 aliphatic heterocycles. The second kappa shape index (κ2) is 3.69. The zero-order valence-corrected chi connectivity index (χ0v) is 8.61. The van der Waals surface area contributed by atoms with E-state index in [2.05, 4.69) is 10.3 Å². The molecule has 1 aliphatic rings. The summed E-state index contributed by atoms with van der Waals surface area (Å²) in [5.74, 6) is 0. The standard InChI is InChI=1S/C10H17N3O/c1-13-8-9(11-12-13)10(14)6-4-2-3-5-7-10/h8,14H,2-7H2,1H3. The highest BCUT2D eigenvalue weighted by Crippen LogP contribution is 2.34. The smallest absolute Gasteiger partial charge is 0.114 e. The summed E-state index contributed by atoms with van der Waals surface area (Å²) in [6.45, 7) is 0. The van der Waals surface area contributed by atoms with Crippen LogP contribution in [-0.2, 0) is 12.6 Å². The van der Waals surface area contributed by atoms with Crippen LogP contribution in [0.5, 0.6) is 0 Å². The minimum atomic E-state index is -0.717. The number of aryl methyl sites for hydroxylation is 1. The van der Waals surface area contributed by atoms with Gasteiger partial charge in [-0.2, -0.15) is 0 Å². The average Bonchev–Trinajstić information content (AvgIpc) is 2.47. The molecule has 1 heterocycles. The number of nitrogens with zero attached hydrogens (tertiary/aromatic N) is 3. The summed E-state index contributed by atoms with van der Waals surface area (Å²) in [5, 5.41) is 18.3. The van der Waals surface area contributed by atoms with Crippen molar-refractivity contribution in [3.05, 3.63) is 11.9 Å². The van der Waals surface area contributed by atoms with Crippen LogP contribution in [0.2, 0.25) is 0 Å². The van der Waals surface area contributed by atoms with Gasteiger partial charge in [0.2, 0.25) is 0 Å². The van der Waals surface area contributed by atoms with Crippen LogP contribution in [0.1, 0.15) is 44.2 Å². The van der Waals surface area contributed by atoms with Crippen LogP contribution in [-0.4, -0.2) is 20.1 Å². The van der Waals surface area contributed by atoms with Gasteiger partial charge in [0, 0.05) is 7.05 Å². The van der Waals surface area contributed by atoms with Gasteiger partial charge in [0.15, 0.2) is 0 Å². The van der Waals surface area contributed by atoms with E-state index in [1.54, 1.807) is 4.68 Å². The van der Waals surface area contributed by atoms with Crippen LogP contribution in [0, 0.1) is 0 Å². The Bertz CT molecular complexity index is 300. The van der Waals surface area contributed by atoms with Crippen molar-refractivity contribution in [2.75, 3.05) is 0 Å². The van der Waals surface area contributed by atoms with Gasteiger partial charge in [-0.1, -0.05) is 30.9 Å². The monoisotopic (exact) mass is 195 g/mol. The molecule has 0 aromatic carbocycles. The third-order valence-corrected chi connectivity index (χ3v) is 3.01. The highest BCUT2D eigenvalue weighted by atomic mass is 16.3. The van der Waals surface area contributed by atoms with Crippen molar-refractivity contribution in [2.45, 2.75) is 44.1 Å². The summed E-state index contributed by atoms with van der Waals surface area (Å²) < 4.78 is 1.65. The first-order valence-corrected chi connectivity index (χ1v) is 5.30. The van der Waals surface area contributed by atoms with Crippen molar-refractivity contribution >= 4 is 0 Å². The molecule has 0 unspecified atom stereocenters. The van der Waals surface area contributed by atoms with Crippen LogP contribution in [0.3, 0.4) is 0 Å². The predicted molar refractivity (Wildman–Crippen MR) is 52.6 cm³/mol. The van der Waals surface area contributed by atoms with Gasteiger partial charge in [-0.3, -0.25) is 4.68 Å². The van der Waals surface area contributed by atoms with E-state index in [0.717, 1.165) is 31.4 Å². The molecule has 1 saturated carbocycles. The molecule has 1 aromatic heterocycles. The molecule has 1 N–H and O–H groups in total. The topological polar surface area (TPSA) is 50.9 Å². The van der Waals surface area contributed by atoms with Gasteiger partial charge in [0.1, 0.15) is 11.3 Å². The Balaban J connectivity index is 2.20. The average molecular weight is 195 g/mol. The third-order valence-electron chi connectivity index (χ3n) is 3.01. The first-order valence-electron chi connectivity index (χ1n) is 5.30. The van der Waals surface area contributed by atoms with E-state index in [1.165, 1.54) is 12.8 Å². The van der Waals surface area contributed by atoms with Gasteiger partial charge >= 0.3 is 0 Å². The lowest BCUT2D eigenvalue weighted by molar-refractivity contribution is 0.0163. The van der Waals surface area contributed by atoms with Crippen LogP contribution in [0.4, 0.5) is 0 Å². The van der Waals surface area contributed by atoms with E-state index in [-0.39, 0.29) is 0 Å². The predicted octanol–water partition coefficient (Wildman–Crippen LogP) is 1.36. The van der Waals surface area contributed by atoms with E-state index in [9.17, 15) is 5.11 Å². The molecule has 0 bridgehead atoms. The second-order valence-electron chi connectivity index (χ2n) is 4.22. The summed E-state index contributed by atoms with van der Waals surface area (Å²) in [5.41, 5.74) is 0.0204. The third kappa shape index (κ3) is 1.80. The maximum Gasteiger partial charge on any atom is 0.114 e. The molecule has 1 fully saturated rings. The molecular weight excluding hydrogens is 178 g/mol. The minimum absolute atomic E-state index is 0.717. The minimum Gasteiger partial charge on any atom is -0.383 e. The van der Waals surface area contributed by atoms with Gasteiger partial charge in [-0.25, -0.2) is 0 Å². The summed E-state index contributed by atoms with van der Waals surface area (Å²) in [6.07, 6.45) is 8.11. The SMILES string of the molecule is Cn1cc(C2(O)CCCCCC2)nn1. The fraction of sp³-hybridized carbons (Fsp3) is 0.800. The first kappa shape index (κ1) is 9.65. The van der Waals surface area contributed by atoms with Crippen LogP contribution < -0.4 is 0 Å². The second-order valence-corrected chi connectivity index (χ2v) is 4.22. The molecule has 0 radical (unpaired) electrons. The molecule has 0 amide bonds. The van der Waals surface area contributed by atoms with Crippen LogP contribution in [0.25, 0.3) is 0 Å². The first-order chi connectivity index (χ1) is 6.71. The molecule has 1 aliphatic carbocycles.